The number of aromatic nitrogens is 4. The van der Waals surface area contributed by atoms with Gasteiger partial charge in [-0.05, 0) is 50.4 Å². The van der Waals surface area contributed by atoms with E-state index < -0.39 is 0 Å². The third-order valence-corrected chi connectivity index (χ3v) is 6.33. The first-order chi connectivity index (χ1) is 14.1. The number of nitrogens with zero attached hydrogens (tertiary/aromatic N) is 6. The van der Waals surface area contributed by atoms with Crippen LogP contribution in [0.25, 0.3) is 5.78 Å². The highest BCUT2D eigenvalue weighted by Crippen LogP contribution is 2.29. The second kappa shape index (κ2) is 7.22. The Bertz CT molecular complexity index is 1060. The number of aryl methyl sites for hydroxylation is 1. The first-order valence-corrected chi connectivity index (χ1v) is 10.3. The lowest BCUT2D eigenvalue weighted by Crippen LogP contribution is -2.52. The molecule has 3 aromatic rings. The third kappa shape index (κ3) is 3.29. The van der Waals surface area contributed by atoms with E-state index in [1.807, 2.05) is 11.4 Å². The molecule has 7 heteroatoms. The summed E-state index contributed by atoms with van der Waals surface area (Å²) in [4.78, 5) is 26.4. The predicted octanol–water partition coefficient (Wildman–Crippen LogP) is 2.20. The highest BCUT2D eigenvalue weighted by atomic mass is 16.2. The minimum atomic E-state index is -0.0887. The summed E-state index contributed by atoms with van der Waals surface area (Å²) in [5.74, 6) is 1.12. The summed E-state index contributed by atoms with van der Waals surface area (Å²) in [7, 11) is 2.06. The molecular weight excluding hydrogens is 364 g/mol. The maximum Gasteiger partial charge on any atom is 0.252 e. The maximum atomic E-state index is 13.5. The van der Waals surface area contributed by atoms with Crippen LogP contribution in [0.3, 0.4) is 0 Å². The van der Waals surface area contributed by atoms with Gasteiger partial charge in [0.25, 0.3) is 5.78 Å². The van der Waals surface area contributed by atoms with E-state index in [1.165, 1.54) is 11.1 Å². The van der Waals surface area contributed by atoms with Crippen LogP contribution in [0.4, 0.5) is 0 Å². The van der Waals surface area contributed by atoms with E-state index in [4.69, 9.17) is 0 Å². The Hall–Kier alpha value is -2.80. The molecule has 2 aliphatic heterocycles. The largest absolute Gasteiger partial charge is 0.341 e. The fourth-order valence-corrected chi connectivity index (χ4v) is 4.81. The minimum Gasteiger partial charge on any atom is -0.341 e. The summed E-state index contributed by atoms with van der Waals surface area (Å²) >= 11 is 0. The van der Waals surface area contributed by atoms with E-state index in [1.54, 1.807) is 6.33 Å². The number of benzene rings is 1. The zero-order valence-electron chi connectivity index (χ0n) is 17.0. The van der Waals surface area contributed by atoms with Crippen molar-refractivity contribution in [3.05, 3.63) is 59.2 Å². The van der Waals surface area contributed by atoms with E-state index in [9.17, 15) is 4.79 Å². The Balaban J connectivity index is 1.38. The van der Waals surface area contributed by atoms with Crippen LogP contribution in [0.5, 0.6) is 0 Å². The number of likely N-dealkylation sites (N-methyl/N-ethyl adjacent to an activating group) is 1. The molecule has 2 unspecified atom stereocenters. The lowest BCUT2D eigenvalue weighted by Gasteiger charge is -2.39. The second-order valence-corrected chi connectivity index (χ2v) is 8.32. The van der Waals surface area contributed by atoms with E-state index in [0.29, 0.717) is 5.78 Å². The van der Waals surface area contributed by atoms with Crippen molar-refractivity contribution >= 4 is 11.7 Å². The van der Waals surface area contributed by atoms with Gasteiger partial charge < -0.3 is 4.90 Å². The molecule has 4 heterocycles. The van der Waals surface area contributed by atoms with Crippen LogP contribution in [0.1, 0.15) is 41.3 Å². The third-order valence-electron chi connectivity index (χ3n) is 6.33. The van der Waals surface area contributed by atoms with Crippen molar-refractivity contribution in [2.75, 3.05) is 20.1 Å². The number of likely N-dealkylation sites (tertiary alicyclic amines) is 1. The number of rotatable bonds is 2. The summed E-state index contributed by atoms with van der Waals surface area (Å²) in [6.07, 6.45) is 4.38. The quantitative estimate of drug-likeness (QED) is 0.671. The SMILES string of the molecule is Cc1cc(C2CCCN(C(=O)C3Cc4ccccc4CN3C)C2)n2ncnc2n1. The van der Waals surface area contributed by atoms with Crippen molar-refractivity contribution in [2.45, 2.75) is 44.7 Å². The second-order valence-electron chi connectivity index (χ2n) is 8.32. The predicted molar refractivity (Wildman–Crippen MR) is 109 cm³/mol. The summed E-state index contributed by atoms with van der Waals surface area (Å²) in [6, 6.07) is 10.5. The van der Waals surface area contributed by atoms with Gasteiger partial charge in [-0.25, -0.2) is 9.50 Å². The summed E-state index contributed by atoms with van der Waals surface area (Å²) in [6.45, 7) is 4.36. The Kier molecular flexibility index (Phi) is 4.54. The number of carbonyl (C=O) groups is 1. The van der Waals surface area contributed by atoms with Crippen LogP contribution in [0, 0.1) is 6.92 Å². The van der Waals surface area contributed by atoms with Gasteiger partial charge >= 0.3 is 0 Å². The molecule has 5 rings (SSSR count). The Labute approximate surface area is 170 Å². The molecule has 0 radical (unpaired) electrons. The van der Waals surface area contributed by atoms with E-state index in [-0.39, 0.29) is 17.9 Å². The average molecular weight is 390 g/mol. The van der Waals surface area contributed by atoms with Crippen LogP contribution in [0.15, 0.2) is 36.7 Å². The van der Waals surface area contributed by atoms with Crippen LogP contribution in [-0.4, -0.2) is 61.5 Å². The summed E-state index contributed by atoms with van der Waals surface area (Å²) in [5.41, 5.74) is 4.67. The number of fused-ring (bicyclic) bond motifs is 2. The molecule has 7 nitrogen and oxygen atoms in total. The Morgan fingerprint density at radius 2 is 2.03 bits per heavy atom. The average Bonchev–Trinajstić information content (AvgIpc) is 3.20. The first kappa shape index (κ1) is 18.2. The van der Waals surface area contributed by atoms with Gasteiger partial charge in [0.15, 0.2) is 0 Å². The first-order valence-electron chi connectivity index (χ1n) is 10.3. The van der Waals surface area contributed by atoms with Crippen molar-refractivity contribution < 1.29 is 4.79 Å². The number of hydrogen-bond donors (Lipinski definition) is 0. The lowest BCUT2D eigenvalue weighted by molar-refractivity contribution is -0.138. The molecule has 1 saturated heterocycles. The molecule has 0 spiro atoms. The fraction of sp³-hybridized carbons (Fsp3) is 0.455. The van der Waals surface area contributed by atoms with E-state index >= 15 is 0 Å². The topological polar surface area (TPSA) is 66.6 Å². The van der Waals surface area contributed by atoms with Crippen LogP contribution in [-0.2, 0) is 17.8 Å². The number of hydrogen-bond acceptors (Lipinski definition) is 5. The Morgan fingerprint density at radius 1 is 1.21 bits per heavy atom. The molecule has 0 aliphatic carbocycles. The van der Waals surface area contributed by atoms with Gasteiger partial charge in [-0.15, -0.1) is 0 Å². The van der Waals surface area contributed by atoms with Crippen LogP contribution < -0.4 is 0 Å². The molecule has 2 atom stereocenters. The monoisotopic (exact) mass is 390 g/mol. The van der Waals surface area contributed by atoms with Gasteiger partial charge in [0.05, 0.1) is 11.7 Å². The van der Waals surface area contributed by atoms with Crippen molar-refractivity contribution in [1.29, 1.82) is 0 Å². The molecule has 1 aromatic carbocycles. The van der Waals surface area contributed by atoms with Crippen LogP contribution >= 0.6 is 0 Å². The molecule has 150 valence electrons. The molecule has 0 bridgehead atoms. The maximum absolute atomic E-state index is 13.5. The summed E-state index contributed by atoms with van der Waals surface area (Å²) in [5, 5.41) is 4.36. The zero-order valence-corrected chi connectivity index (χ0v) is 17.0. The molecular formula is C22H26N6O. The van der Waals surface area contributed by atoms with Gasteiger partial charge in [-0.3, -0.25) is 9.69 Å². The summed E-state index contributed by atoms with van der Waals surface area (Å²) < 4.78 is 1.83. The van der Waals surface area contributed by atoms with Crippen molar-refractivity contribution in [2.24, 2.45) is 0 Å². The van der Waals surface area contributed by atoms with Crippen molar-refractivity contribution in [1.82, 2.24) is 29.4 Å². The number of amides is 1. The van der Waals surface area contributed by atoms with E-state index in [2.05, 4.69) is 62.2 Å². The normalized spacial score (nSPS) is 22.6. The van der Waals surface area contributed by atoms with E-state index in [0.717, 1.165) is 50.3 Å². The molecule has 2 aliphatic rings. The van der Waals surface area contributed by atoms with Crippen molar-refractivity contribution in [3.8, 4) is 0 Å². The standard InChI is InChI=1S/C22H26N6O/c1-15-10-19(28-22(25-15)23-14-24-28)18-8-5-9-27(13-18)21(29)20-11-16-6-3-4-7-17(16)12-26(20)2/h3-4,6-7,10,14,18,20H,5,8-9,11-13H2,1-2H3. The number of piperidine rings is 1. The molecule has 1 amide bonds. The molecule has 2 aromatic heterocycles. The minimum absolute atomic E-state index is 0.0887. The molecule has 1 fully saturated rings. The molecule has 29 heavy (non-hydrogen) atoms. The highest BCUT2D eigenvalue weighted by Gasteiger charge is 2.35. The van der Waals surface area contributed by atoms with Gasteiger partial charge in [-0.1, -0.05) is 24.3 Å². The molecule has 0 N–H and O–H groups in total. The van der Waals surface area contributed by atoms with Gasteiger partial charge in [0, 0.05) is 31.2 Å². The van der Waals surface area contributed by atoms with Gasteiger partial charge in [0.1, 0.15) is 6.33 Å². The van der Waals surface area contributed by atoms with Crippen LogP contribution in [0.2, 0.25) is 0 Å². The highest BCUT2D eigenvalue weighted by molar-refractivity contribution is 5.82. The van der Waals surface area contributed by atoms with Gasteiger partial charge in [0.2, 0.25) is 5.91 Å². The molecule has 0 saturated carbocycles. The zero-order chi connectivity index (χ0) is 20.0. The Morgan fingerprint density at radius 3 is 2.90 bits per heavy atom. The van der Waals surface area contributed by atoms with Gasteiger partial charge in [-0.2, -0.15) is 10.1 Å². The number of carbonyl (C=O) groups excluding carboxylic acids is 1. The fourth-order valence-electron chi connectivity index (χ4n) is 4.81. The lowest BCUT2D eigenvalue weighted by atomic mass is 9.91. The van der Waals surface area contributed by atoms with Crippen molar-refractivity contribution in [3.63, 3.8) is 0 Å². The smallest absolute Gasteiger partial charge is 0.252 e.